The molecule has 2 N–H and O–H groups in total. The molecule has 0 aliphatic rings. The first-order chi connectivity index (χ1) is 6.79. The highest BCUT2D eigenvalue weighted by Gasteiger charge is 2.01. The first-order valence-electron chi connectivity index (χ1n) is 4.33. The molecule has 1 nitrogen and oxygen atoms in total. The molecule has 1 aromatic carbocycles. The van der Waals surface area contributed by atoms with Crippen molar-refractivity contribution in [2.45, 2.75) is 6.54 Å². The smallest absolute Gasteiger partial charge is 0.0406 e. The van der Waals surface area contributed by atoms with Gasteiger partial charge in [-0.3, -0.25) is 0 Å². The van der Waals surface area contributed by atoms with Crippen LogP contribution in [0.1, 0.15) is 5.56 Å². The van der Waals surface area contributed by atoms with Gasteiger partial charge in [0.2, 0.25) is 0 Å². The summed E-state index contributed by atoms with van der Waals surface area (Å²) in [4.78, 5) is 1.24. The molecule has 0 unspecified atom stereocenters. The molecule has 0 fully saturated rings. The van der Waals surface area contributed by atoms with Crippen LogP contribution in [-0.4, -0.2) is 0 Å². The predicted octanol–water partition coefficient (Wildman–Crippen LogP) is 3.53. The second-order valence-electron chi connectivity index (χ2n) is 3.03. The minimum atomic E-state index is 0.601. The lowest BCUT2D eigenvalue weighted by atomic mass is 10.2. The molecule has 0 saturated carbocycles. The van der Waals surface area contributed by atoms with Crippen LogP contribution in [0.4, 0.5) is 0 Å². The van der Waals surface area contributed by atoms with Crippen molar-refractivity contribution in [3.8, 4) is 10.4 Å². The van der Waals surface area contributed by atoms with Crippen molar-refractivity contribution in [2.24, 2.45) is 5.73 Å². The normalized spacial score (nSPS) is 10.4. The van der Waals surface area contributed by atoms with E-state index in [9.17, 15) is 0 Å². The van der Waals surface area contributed by atoms with Crippen LogP contribution in [0.15, 0.2) is 35.7 Å². The van der Waals surface area contributed by atoms with E-state index in [1.54, 1.807) is 11.3 Å². The summed E-state index contributed by atoms with van der Waals surface area (Å²) in [6, 6.07) is 9.97. The Morgan fingerprint density at radius 1 is 1.21 bits per heavy atom. The fraction of sp³-hybridized carbons (Fsp3) is 0.0909. The number of halogens is 1. The Labute approximate surface area is 92.1 Å². The molecule has 0 aliphatic carbocycles. The second-order valence-corrected chi connectivity index (χ2v) is 4.38. The molecule has 3 heteroatoms. The quantitative estimate of drug-likeness (QED) is 0.828. The molecule has 0 atom stereocenters. The number of rotatable bonds is 2. The summed E-state index contributed by atoms with van der Waals surface area (Å²) in [6.45, 7) is 0.601. The molecule has 72 valence electrons. The number of hydrogen-bond donors (Lipinski definition) is 1. The number of nitrogens with two attached hydrogens (primary N) is 1. The molecule has 0 bridgehead atoms. The van der Waals surface area contributed by atoms with Gasteiger partial charge < -0.3 is 5.73 Å². The molecular weight excluding hydrogens is 214 g/mol. The Bertz CT molecular complexity index is 419. The average Bonchev–Trinajstić information content (AvgIpc) is 2.67. The van der Waals surface area contributed by atoms with E-state index in [0.29, 0.717) is 6.54 Å². The third-order valence-corrected chi connectivity index (χ3v) is 3.30. The van der Waals surface area contributed by atoms with Crippen molar-refractivity contribution in [3.63, 3.8) is 0 Å². The van der Waals surface area contributed by atoms with E-state index in [1.165, 1.54) is 16.0 Å². The molecule has 2 rings (SSSR count). The van der Waals surface area contributed by atoms with E-state index in [-0.39, 0.29) is 0 Å². The Balaban J connectivity index is 2.34. The number of benzene rings is 1. The van der Waals surface area contributed by atoms with Crippen molar-refractivity contribution in [1.29, 1.82) is 0 Å². The Hall–Kier alpha value is -0.830. The van der Waals surface area contributed by atoms with Gasteiger partial charge in [0.05, 0.1) is 0 Å². The summed E-state index contributed by atoms with van der Waals surface area (Å²) >= 11 is 7.53. The van der Waals surface area contributed by atoms with Crippen molar-refractivity contribution >= 4 is 22.9 Å². The number of thiophene rings is 1. The van der Waals surface area contributed by atoms with Crippen molar-refractivity contribution < 1.29 is 0 Å². The summed E-state index contributed by atoms with van der Waals surface area (Å²) in [5.74, 6) is 0. The standard InChI is InChI=1S/C11H10ClNS/c12-10-3-1-9(2-4-10)11-5-8(6-13)7-14-11/h1-5,7H,6,13H2. The highest BCUT2D eigenvalue weighted by molar-refractivity contribution is 7.13. The lowest BCUT2D eigenvalue weighted by molar-refractivity contribution is 1.08. The lowest BCUT2D eigenvalue weighted by Crippen LogP contribution is -1.92. The Kier molecular flexibility index (Phi) is 2.87. The van der Waals surface area contributed by atoms with Crippen molar-refractivity contribution in [2.75, 3.05) is 0 Å². The van der Waals surface area contributed by atoms with Crippen molar-refractivity contribution in [3.05, 3.63) is 46.3 Å². The van der Waals surface area contributed by atoms with E-state index in [1.807, 2.05) is 24.3 Å². The first kappa shape index (κ1) is 9.71. The van der Waals surface area contributed by atoms with Gasteiger partial charge in [0.15, 0.2) is 0 Å². The third-order valence-electron chi connectivity index (χ3n) is 2.02. The zero-order valence-electron chi connectivity index (χ0n) is 7.53. The van der Waals surface area contributed by atoms with Gasteiger partial charge >= 0.3 is 0 Å². The fourth-order valence-corrected chi connectivity index (χ4v) is 2.31. The largest absolute Gasteiger partial charge is 0.326 e. The summed E-state index contributed by atoms with van der Waals surface area (Å²) < 4.78 is 0. The maximum atomic E-state index is 5.82. The van der Waals surface area contributed by atoms with E-state index in [0.717, 1.165) is 5.02 Å². The van der Waals surface area contributed by atoms with E-state index in [4.69, 9.17) is 17.3 Å². The van der Waals surface area contributed by atoms with Crippen LogP contribution in [0, 0.1) is 0 Å². The average molecular weight is 224 g/mol. The minimum absolute atomic E-state index is 0.601. The molecular formula is C11H10ClNS. The SMILES string of the molecule is NCc1csc(-c2ccc(Cl)cc2)c1. The van der Waals surface area contributed by atoms with Gasteiger partial charge in [-0.1, -0.05) is 23.7 Å². The second kappa shape index (κ2) is 4.13. The van der Waals surface area contributed by atoms with Gasteiger partial charge in [-0.15, -0.1) is 11.3 Å². The molecule has 14 heavy (non-hydrogen) atoms. The zero-order valence-corrected chi connectivity index (χ0v) is 9.11. The molecule has 0 saturated heterocycles. The van der Waals surface area contributed by atoms with Crippen LogP contribution in [0.3, 0.4) is 0 Å². The topological polar surface area (TPSA) is 26.0 Å². The van der Waals surface area contributed by atoms with Crippen LogP contribution in [0.25, 0.3) is 10.4 Å². The zero-order chi connectivity index (χ0) is 9.97. The number of hydrogen-bond acceptors (Lipinski definition) is 2. The summed E-state index contributed by atoms with van der Waals surface area (Å²) in [7, 11) is 0. The fourth-order valence-electron chi connectivity index (χ4n) is 1.25. The molecule has 2 aromatic rings. The lowest BCUT2D eigenvalue weighted by Gasteiger charge is -1.96. The summed E-state index contributed by atoms with van der Waals surface area (Å²) in [5, 5.41) is 2.86. The van der Waals surface area contributed by atoms with Crippen LogP contribution in [0.5, 0.6) is 0 Å². The highest BCUT2D eigenvalue weighted by Crippen LogP contribution is 2.27. The maximum absolute atomic E-state index is 5.82. The van der Waals surface area contributed by atoms with E-state index in [2.05, 4.69) is 11.4 Å². The predicted molar refractivity (Wildman–Crippen MR) is 62.7 cm³/mol. The van der Waals surface area contributed by atoms with E-state index < -0.39 is 0 Å². The van der Waals surface area contributed by atoms with Crippen molar-refractivity contribution in [1.82, 2.24) is 0 Å². The Morgan fingerprint density at radius 2 is 1.93 bits per heavy atom. The molecule has 0 amide bonds. The monoisotopic (exact) mass is 223 g/mol. The van der Waals surface area contributed by atoms with Crippen LogP contribution in [-0.2, 0) is 6.54 Å². The molecule has 1 heterocycles. The van der Waals surface area contributed by atoms with Gasteiger partial charge in [0.1, 0.15) is 0 Å². The van der Waals surface area contributed by atoms with Gasteiger partial charge in [0, 0.05) is 16.4 Å². The van der Waals surface area contributed by atoms with Crippen LogP contribution in [0.2, 0.25) is 5.02 Å². The third kappa shape index (κ3) is 1.98. The highest BCUT2D eigenvalue weighted by atomic mass is 35.5. The Morgan fingerprint density at radius 3 is 2.50 bits per heavy atom. The summed E-state index contributed by atoms with van der Waals surface area (Å²) in [5.41, 5.74) is 7.93. The van der Waals surface area contributed by atoms with E-state index >= 15 is 0 Å². The molecule has 0 radical (unpaired) electrons. The maximum Gasteiger partial charge on any atom is 0.0406 e. The van der Waals surface area contributed by atoms with Crippen LogP contribution >= 0.6 is 22.9 Å². The molecule has 1 aromatic heterocycles. The van der Waals surface area contributed by atoms with Gasteiger partial charge in [-0.05, 0) is 34.7 Å². The van der Waals surface area contributed by atoms with Gasteiger partial charge in [0.25, 0.3) is 0 Å². The van der Waals surface area contributed by atoms with Gasteiger partial charge in [-0.2, -0.15) is 0 Å². The van der Waals surface area contributed by atoms with Crippen LogP contribution < -0.4 is 5.73 Å². The minimum Gasteiger partial charge on any atom is -0.326 e. The molecule has 0 aliphatic heterocycles. The summed E-state index contributed by atoms with van der Waals surface area (Å²) in [6.07, 6.45) is 0. The molecule has 0 spiro atoms. The van der Waals surface area contributed by atoms with Gasteiger partial charge in [-0.25, -0.2) is 0 Å². The first-order valence-corrected chi connectivity index (χ1v) is 5.59.